The number of nitrogens with zero attached hydrogens (tertiary/aromatic N) is 6. The third-order valence-corrected chi connectivity index (χ3v) is 4.52. The van der Waals surface area contributed by atoms with Crippen molar-refractivity contribution in [1.82, 2.24) is 30.1 Å². The van der Waals surface area contributed by atoms with Crippen LogP contribution in [0.25, 0.3) is 0 Å². The summed E-state index contributed by atoms with van der Waals surface area (Å²) in [6.07, 6.45) is 3.19. The Morgan fingerprint density at radius 1 is 1.20 bits per heavy atom. The molecule has 8 heteroatoms. The molecule has 0 aromatic carbocycles. The highest BCUT2D eigenvalue weighted by atomic mass is 16.5. The lowest BCUT2D eigenvalue weighted by Gasteiger charge is -2.36. The maximum atomic E-state index is 5.40. The molecule has 1 aliphatic heterocycles. The molecule has 2 aromatic heterocycles. The highest BCUT2D eigenvalue weighted by Gasteiger charge is 2.25. The highest BCUT2D eigenvalue weighted by molar-refractivity contribution is 4.90. The molecule has 0 unspecified atom stereocenters. The molecule has 0 aliphatic carbocycles. The van der Waals surface area contributed by atoms with Crippen molar-refractivity contribution in [1.29, 1.82) is 0 Å². The summed E-state index contributed by atoms with van der Waals surface area (Å²) < 4.78 is 10.5. The maximum Gasteiger partial charge on any atom is 0.240 e. The van der Waals surface area contributed by atoms with Crippen LogP contribution >= 0.6 is 0 Å². The molecule has 0 N–H and O–H groups in total. The van der Waals surface area contributed by atoms with Crippen molar-refractivity contribution in [3.05, 3.63) is 23.4 Å². The van der Waals surface area contributed by atoms with Crippen molar-refractivity contribution >= 4 is 0 Å². The zero-order valence-corrected chi connectivity index (χ0v) is 15.6. The maximum absolute atomic E-state index is 5.40. The van der Waals surface area contributed by atoms with Crippen molar-refractivity contribution in [2.75, 3.05) is 20.1 Å². The normalized spacial score (nSPS) is 19.2. The van der Waals surface area contributed by atoms with Crippen LogP contribution in [0.4, 0.5) is 0 Å². The number of hydrogen-bond donors (Lipinski definition) is 0. The Bertz CT molecular complexity index is 668. The molecule has 25 heavy (non-hydrogen) atoms. The van der Waals surface area contributed by atoms with E-state index < -0.39 is 0 Å². The third kappa shape index (κ3) is 5.09. The molecule has 2 aromatic rings. The topological polar surface area (TPSA) is 84.3 Å². The Kier molecular flexibility index (Phi) is 5.80. The van der Waals surface area contributed by atoms with E-state index in [0.717, 1.165) is 44.1 Å². The van der Waals surface area contributed by atoms with Crippen molar-refractivity contribution in [2.24, 2.45) is 5.92 Å². The summed E-state index contributed by atoms with van der Waals surface area (Å²) >= 11 is 0. The van der Waals surface area contributed by atoms with Gasteiger partial charge in [0, 0.05) is 25.9 Å². The summed E-state index contributed by atoms with van der Waals surface area (Å²) in [6.45, 7) is 9.61. The average molecular weight is 348 g/mol. The number of rotatable bonds is 7. The van der Waals surface area contributed by atoms with Crippen LogP contribution in [0.5, 0.6) is 0 Å². The molecule has 1 aliphatic rings. The highest BCUT2D eigenvalue weighted by Crippen LogP contribution is 2.18. The van der Waals surface area contributed by atoms with Gasteiger partial charge in [-0.15, -0.1) is 0 Å². The summed E-state index contributed by atoms with van der Waals surface area (Å²) in [5.41, 5.74) is 0. The van der Waals surface area contributed by atoms with Gasteiger partial charge >= 0.3 is 0 Å². The van der Waals surface area contributed by atoms with Gasteiger partial charge in [0.2, 0.25) is 11.8 Å². The van der Waals surface area contributed by atoms with Crippen molar-refractivity contribution < 1.29 is 9.05 Å². The van der Waals surface area contributed by atoms with Crippen molar-refractivity contribution in [2.45, 2.75) is 59.2 Å². The molecule has 0 radical (unpaired) electrons. The Hall–Kier alpha value is -1.80. The van der Waals surface area contributed by atoms with Crippen LogP contribution in [0.3, 0.4) is 0 Å². The monoisotopic (exact) mass is 348 g/mol. The van der Waals surface area contributed by atoms with Crippen LogP contribution in [0.2, 0.25) is 0 Å². The number of likely N-dealkylation sites (tertiary alicyclic amines) is 1. The van der Waals surface area contributed by atoms with Gasteiger partial charge in [-0.2, -0.15) is 9.97 Å². The molecule has 1 atom stereocenters. The predicted octanol–water partition coefficient (Wildman–Crippen LogP) is 2.06. The first-order valence-electron chi connectivity index (χ1n) is 9.03. The van der Waals surface area contributed by atoms with Gasteiger partial charge in [-0.1, -0.05) is 24.2 Å². The Balaban J connectivity index is 1.52. The quantitative estimate of drug-likeness (QED) is 0.752. The van der Waals surface area contributed by atoms with Gasteiger partial charge in [-0.05, 0) is 32.4 Å². The Morgan fingerprint density at radius 2 is 2.00 bits per heavy atom. The SMILES string of the molecule is Cc1nc(CN2CCC[C@H](N(C)Cc3nc(CC(C)C)no3)C2)no1. The molecule has 1 fully saturated rings. The Morgan fingerprint density at radius 3 is 2.72 bits per heavy atom. The molecule has 0 saturated carbocycles. The number of aromatic nitrogens is 4. The van der Waals surface area contributed by atoms with E-state index in [0.29, 0.717) is 30.3 Å². The molecule has 138 valence electrons. The van der Waals surface area contributed by atoms with Gasteiger partial charge in [0.25, 0.3) is 0 Å². The van der Waals surface area contributed by atoms with Gasteiger partial charge in [0.1, 0.15) is 0 Å². The first-order chi connectivity index (χ1) is 12.0. The van der Waals surface area contributed by atoms with E-state index in [4.69, 9.17) is 9.05 Å². The molecule has 8 nitrogen and oxygen atoms in total. The summed E-state index contributed by atoms with van der Waals surface area (Å²) in [4.78, 5) is 13.5. The number of piperidine rings is 1. The van der Waals surface area contributed by atoms with Gasteiger partial charge in [0.05, 0.1) is 13.1 Å². The van der Waals surface area contributed by atoms with E-state index in [1.807, 2.05) is 6.92 Å². The molecule has 3 heterocycles. The van der Waals surface area contributed by atoms with Gasteiger partial charge in [-0.3, -0.25) is 9.80 Å². The minimum Gasteiger partial charge on any atom is -0.340 e. The standard InChI is InChI=1S/C17H28N6O2/c1-12(2)8-15-19-17(25-20-15)11-22(4)14-6-5-7-23(9-14)10-16-18-13(3)24-21-16/h12,14H,5-11H2,1-4H3/t14-/m0/s1. The van der Waals surface area contributed by atoms with E-state index in [9.17, 15) is 0 Å². The van der Waals surface area contributed by atoms with Crippen LogP contribution in [-0.4, -0.2) is 56.3 Å². The lowest BCUT2D eigenvalue weighted by atomic mass is 10.0. The first-order valence-corrected chi connectivity index (χ1v) is 9.03. The first kappa shape index (κ1) is 18.0. The minimum atomic E-state index is 0.460. The van der Waals surface area contributed by atoms with Gasteiger partial charge < -0.3 is 9.05 Å². The van der Waals surface area contributed by atoms with E-state index in [-0.39, 0.29) is 0 Å². The predicted molar refractivity (Wildman–Crippen MR) is 91.6 cm³/mol. The van der Waals surface area contributed by atoms with E-state index in [1.165, 1.54) is 6.42 Å². The van der Waals surface area contributed by atoms with Crippen LogP contribution in [0, 0.1) is 12.8 Å². The van der Waals surface area contributed by atoms with Crippen LogP contribution in [-0.2, 0) is 19.5 Å². The van der Waals surface area contributed by atoms with Crippen LogP contribution in [0.1, 0.15) is 50.1 Å². The second-order valence-electron chi connectivity index (χ2n) is 7.38. The lowest BCUT2D eigenvalue weighted by molar-refractivity contribution is 0.0972. The summed E-state index contributed by atoms with van der Waals surface area (Å²) in [5.74, 6) is 3.41. The molecule has 3 rings (SSSR count). The van der Waals surface area contributed by atoms with Crippen LogP contribution < -0.4 is 0 Å². The van der Waals surface area contributed by atoms with Gasteiger partial charge in [0.15, 0.2) is 11.6 Å². The summed E-state index contributed by atoms with van der Waals surface area (Å²) in [6, 6.07) is 0.460. The molecule has 0 amide bonds. The summed E-state index contributed by atoms with van der Waals surface area (Å²) in [5, 5.41) is 8.08. The smallest absolute Gasteiger partial charge is 0.240 e. The van der Waals surface area contributed by atoms with Gasteiger partial charge in [-0.25, -0.2) is 0 Å². The Labute approximate surface area is 148 Å². The molecular formula is C17H28N6O2. The lowest BCUT2D eigenvalue weighted by Crippen LogP contribution is -2.45. The summed E-state index contributed by atoms with van der Waals surface area (Å²) in [7, 11) is 2.12. The van der Waals surface area contributed by atoms with E-state index in [1.54, 1.807) is 0 Å². The van der Waals surface area contributed by atoms with Crippen molar-refractivity contribution in [3.8, 4) is 0 Å². The number of likely N-dealkylation sites (N-methyl/N-ethyl adjacent to an activating group) is 1. The third-order valence-electron chi connectivity index (χ3n) is 4.52. The minimum absolute atomic E-state index is 0.460. The van der Waals surface area contributed by atoms with Crippen LogP contribution in [0.15, 0.2) is 9.05 Å². The van der Waals surface area contributed by atoms with E-state index in [2.05, 4.69) is 51.0 Å². The second-order valence-corrected chi connectivity index (χ2v) is 7.38. The molecular weight excluding hydrogens is 320 g/mol. The zero-order chi connectivity index (χ0) is 17.8. The largest absolute Gasteiger partial charge is 0.340 e. The molecule has 0 bridgehead atoms. The molecule has 0 spiro atoms. The fraction of sp³-hybridized carbons (Fsp3) is 0.765. The second kappa shape index (κ2) is 8.05. The average Bonchev–Trinajstić information content (AvgIpc) is 3.16. The fourth-order valence-electron chi connectivity index (χ4n) is 3.28. The zero-order valence-electron chi connectivity index (χ0n) is 15.6. The van der Waals surface area contributed by atoms with Crippen molar-refractivity contribution in [3.63, 3.8) is 0 Å². The molecule has 1 saturated heterocycles. The van der Waals surface area contributed by atoms with E-state index >= 15 is 0 Å². The number of aryl methyl sites for hydroxylation is 1. The number of hydrogen-bond acceptors (Lipinski definition) is 8. The fourth-order valence-corrected chi connectivity index (χ4v) is 3.28.